The maximum absolute atomic E-state index is 13.2. The molecule has 0 aromatic heterocycles. The van der Waals surface area contributed by atoms with Gasteiger partial charge < -0.3 is 31.8 Å². The first kappa shape index (κ1) is 22.7. The molecule has 0 radical (unpaired) electrons. The minimum atomic E-state index is -1.03. The van der Waals surface area contributed by atoms with Crippen LogP contribution in [0.15, 0.2) is 29.3 Å². The van der Waals surface area contributed by atoms with Gasteiger partial charge in [-0.25, -0.2) is 0 Å². The number of benzene rings is 1. The van der Waals surface area contributed by atoms with Crippen LogP contribution in [0.5, 0.6) is 0 Å². The van der Waals surface area contributed by atoms with E-state index in [-0.39, 0.29) is 23.8 Å². The summed E-state index contributed by atoms with van der Waals surface area (Å²) in [7, 11) is 0. The first-order valence-corrected chi connectivity index (χ1v) is 10.8. The summed E-state index contributed by atoms with van der Waals surface area (Å²) >= 11 is 0. The van der Waals surface area contributed by atoms with Gasteiger partial charge in [-0.05, 0) is 50.2 Å². The molecular formula is C22H32N6O3. The Hall–Kier alpha value is -2.94. The Kier molecular flexibility index (Phi) is 7.27. The third-order valence-corrected chi connectivity index (χ3v) is 6.04. The number of carbonyl (C=O) groups excluding carboxylic acids is 3. The molecule has 1 fully saturated rings. The Morgan fingerprint density at radius 1 is 1.32 bits per heavy atom. The summed E-state index contributed by atoms with van der Waals surface area (Å²) in [5, 5.41) is 6.15. The van der Waals surface area contributed by atoms with Crippen LogP contribution in [0.4, 0.5) is 0 Å². The van der Waals surface area contributed by atoms with Crippen molar-refractivity contribution in [2.45, 2.75) is 63.2 Å². The van der Waals surface area contributed by atoms with E-state index in [0.717, 1.165) is 18.3 Å². The predicted molar refractivity (Wildman–Crippen MR) is 118 cm³/mol. The molecule has 9 nitrogen and oxygen atoms in total. The second-order valence-electron chi connectivity index (χ2n) is 8.53. The van der Waals surface area contributed by atoms with E-state index in [2.05, 4.69) is 21.7 Å². The van der Waals surface area contributed by atoms with Crippen LogP contribution in [0.2, 0.25) is 0 Å². The number of guanidine groups is 1. The summed E-state index contributed by atoms with van der Waals surface area (Å²) < 4.78 is 0. The number of nitrogens with two attached hydrogens (primary N) is 2. The Bertz CT molecular complexity index is 853. The summed E-state index contributed by atoms with van der Waals surface area (Å²) in [6.07, 6.45) is 3.64. The summed E-state index contributed by atoms with van der Waals surface area (Å²) in [6, 6.07) is 7.16. The molecule has 1 saturated heterocycles. The molecule has 2 aliphatic rings. The summed E-state index contributed by atoms with van der Waals surface area (Å²) in [5.41, 5.74) is 12.0. The van der Waals surface area contributed by atoms with Gasteiger partial charge in [0, 0.05) is 19.6 Å². The molecule has 3 atom stereocenters. The van der Waals surface area contributed by atoms with Crippen LogP contribution in [-0.2, 0) is 27.3 Å². The number of aldehydes is 1. The summed E-state index contributed by atoms with van der Waals surface area (Å²) in [6.45, 7) is 3.23. The van der Waals surface area contributed by atoms with Crippen LogP contribution in [-0.4, -0.2) is 59.7 Å². The Morgan fingerprint density at radius 3 is 2.77 bits per heavy atom. The molecule has 0 spiro atoms. The molecular weight excluding hydrogens is 396 g/mol. The van der Waals surface area contributed by atoms with E-state index in [1.54, 1.807) is 11.8 Å². The molecule has 0 bridgehead atoms. The fourth-order valence-corrected chi connectivity index (χ4v) is 4.30. The minimum Gasteiger partial charge on any atom is -0.370 e. The molecule has 1 aromatic rings. The molecule has 2 amide bonds. The molecule has 168 valence electrons. The number of fused-ring (bicyclic) bond motifs is 1. The Morgan fingerprint density at radius 2 is 2.06 bits per heavy atom. The zero-order valence-corrected chi connectivity index (χ0v) is 18.0. The topological polar surface area (TPSA) is 143 Å². The average molecular weight is 429 g/mol. The van der Waals surface area contributed by atoms with Crippen molar-refractivity contribution in [1.29, 1.82) is 0 Å². The van der Waals surface area contributed by atoms with Crippen LogP contribution < -0.4 is 22.1 Å². The van der Waals surface area contributed by atoms with E-state index in [0.29, 0.717) is 45.3 Å². The molecule has 31 heavy (non-hydrogen) atoms. The highest BCUT2D eigenvalue weighted by Gasteiger charge is 2.39. The highest BCUT2D eigenvalue weighted by atomic mass is 16.2. The second kappa shape index (κ2) is 9.91. The van der Waals surface area contributed by atoms with Crippen molar-refractivity contribution in [1.82, 2.24) is 15.5 Å². The van der Waals surface area contributed by atoms with Crippen molar-refractivity contribution < 1.29 is 14.4 Å². The number of nitrogens with one attached hydrogen (secondary N) is 2. The number of hydrogen-bond donors (Lipinski definition) is 4. The minimum absolute atomic E-state index is 0.00380. The van der Waals surface area contributed by atoms with E-state index in [4.69, 9.17) is 11.5 Å². The number of hydrogen-bond acceptors (Lipinski definition) is 5. The number of aliphatic imine (C=N–C) groups is 1. The van der Waals surface area contributed by atoms with Crippen molar-refractivity contribution in [3.05, 3.63) is 35.4 Å². The fourth-order valence-electron chi connectivity index (χ4n) is 4.30. The maximum Gasteiger partial charge on any atom is 0.243 e. The number of carbonyl (C=O) groups is 3. The number of rotatable bonds is 8. The third kappa shape index (κ3) is 5.61. The normalized spacial score (nSPS) is 22.2. The highest BCUT2D eigenvalue weighted by molar-refractivity contribution is 5.92. The lowest BCUT2D eigenvalue weighted by molar-refractivity contribution is -0.141. The maximum atomic E-state index is 13.2. The number of amides is 2. The summed E-state index contributed by atoms with van der Waals surface area (Å²) in [4.78, 5) is 43.5. The van der Waals surface area contributed by atoms with Crippen molar-refractivity contribution >= 4 is 24.1 Å². The zero-order valence-electron chi connectivity index (χ0n) is 18.0. The van der Waals surface area contributed by atoms with Gasteiger partial charge in [-0.2, -0.15) is 0 Å². The summed E-state index contributed by atoms with van der Waals surface area (Å²) in [5.74, 6) is -0.359. The van der Waals surface area contributed by atoms with Crippen molar-refractivity contribution in [2.75, 3.05) is 13.1 Å². The molecule has 0 unspecified atom stereocenters. The first-order valence-electron chi connectivity index (χ1n) is 10.8. The van der Waals surface area contributed by atoms with Crippen LogP contribution >= 0.6 is 0 Å². The molecule has 0 saturated carbocycles. The smallest absolute Gasteiger partial charge is 0.243 e. The van der Waals surface area contributed by atoms with Crippen molar-refractivity contribution in [3.8, 4) is 0 Å². The van der Waals surface area contributed by atoms with Crippen LogP contribution in [0.3, 0.4) is 0 Å². The van der Waals surface area contributed by atoms with Gasteiger partial charge in [0.25, 0.3) is 0 Å². The lowest BCUT2D eigenvalue weighted by Gasteiger charge is -2.33. The first-order chi connectivity index (χ1) is 14.8. The lowest BCUT2D eigenvalue weighted by atomic mass is 9.94. The molecule has 0 aliphatic carbocycles. The third-order valence-electron chi connectivity index (χ3n) is 6.04. The lowest BCUT2D eigenvalue weighted by Crippen LogP contribution is -2.57. The second-order valence-corrected chi connectivity index (χ2v) is 8.53. The van der Waals surface area contributed by atoms with Gasteiger partial charge in [0.2, 0.25) is 11.8 Å². The van der Waals surface area contributed by atoms with Gasteiger partial charge in [0.1, 0.15) is 12.3 Å². The van der Waals surface area contributed by atoms with Gasteiger partial charge in [-0.1, -0.05) is 24.3 Å². The van der Waals surface area contributed by atoms with E-state index < -0.39 is 11.6 Å². The van der Waals surface area contributed by atoms with E-state index in [9.17, 15) is 14.4 Å². The van der Waals surface area contributed by atoms with Crippen molar-refractivity contribution in [2.24, 2.45) is 16.5 Å². The fraction of sp³-hybridized carbons (Fsp3) is 0.545. The SMILES string of the molecule is C[C@@](C=O)(CCCN=C(N)N)NC(=O)[C@@H]1CCCN1C(=O)[C@@H]1Cc2ccccc2CN1. The van der Waals surface area contributed by atoms with E-state index in [1.807, 2.05) is 18.2 Å². The van der Waals surface area contributed by atoms with Gasteiger partial charge >= 0.3 is 0 Å². The van der Waals surface area contributed by atoms with Gasteiger partial charge in [-0.15, -0.1) is 0 Å². The van der Waals surface area contributed by atoms with Gasteiger partial charge in [0.15, 0.2) is 5.96 Å². The Labute approximate surface area is 182 Å². The number of nitrogens with zero attached hydrogens (tertiary/aromatic N) is 2. The molecule has 9 heteroatoms. The molecule has 2 heterocycles. The van der Waals surface area contributed by atoms with Crippen LogP contribution in [0.1, 0.15) is 43.7 Å². The predicted octanol–water partition coefficient (Wildman–Crippen LogP) is -0.181. The molecule has 1 aromatic carbocycles. The monoisotopic (exact) mass is 428 g/mol. The quantitative estimate of drug-likeness (QED) is 0.196. The molecule has 3 rings (SSSR count). The van der Waals surface area contributed by atoms with Gasteiger partial charge in [-0.3, -0.25) is 14.6 Å². The molecule has 2 aliphatic heterocycles. The van der Waals surface area contributed by atoms with Crippen LogP contribution in [0, 0.1) is 0 Å². The average Bonchev–Trinajstić information content (AvgIpc) is 3.26. The van der Waals surface area contributed by atoms with E-state index in [1.165, 1.54) is 5.56 Å². The van der Waals surface area contributed by atoms with Crippen LogP contribution in [0.25, 0.3) is 0 Å². The van der Waals surface area contributed by atoms with Crippen molar-refractivity contribution in [3.63, 3.8) is 0 Å². The zero-order chi connectivity index (χ0) is 22.4. The largest absolute Gasteiger partial charge is 0.370 e. The highest BCUT2D eigenvalue weighted by Crippen LogP contribution is 2.23. The Balaban J connectivity index is 1.61. The van der Waals surface area contributed by atoms with E-state index >= 15 is 0 Å². The van der Waals surface area contributed by atoms with Gasteiger partial charge in [0.05, 0.1) is 11.6 Å². The standard InChI is InChI=1S/C22H32N6O3/c1-22(14-29,9-5-10-25-21(23)24)27-19(30)18-8-4-11-28(18)20(31)17-12-15-6-2-3-7-16(15)13-26-17/h2-3,6-7,14,17-18,26H,4-5,8-13H2,1H3,(H,27,30)(H4,23,24,25)/t17-,18-,22-/m0/s1. The molecule has 6 N–H and O–H groups in total. The number of likely N-dealkylation sites (tertiary alicyclic amines) is 1.